The maximum Gasteiger partial charge on any atom is 0.145 e. The van der Waals surface area contributed by atoms with Crippen LogP contribution in [0.5, 0.6) is 0 Å². The van der Waals surface area contributed by atoms with E-state index in [-0.39, 0.29) is 0 Å². The van der Waals surface area contributed by atoms with Crippen LogP contribution < -0.4 is 10.6 Å². The minimum atomic E-state index is 0.786. The number of nitrogens with zero attached hydrogens (tertiary/aromatic N) is 2. The van der Waals surface area contributed by atoms with E-state index in [4.69, 9.17) is 0 Å². The Kier molecular flexibility index (Phi) is 4.74. The van der Waals surface area contributed by atoms with Crippen LogP contribution in [0.25, 0.3) is 0 Å². The van der Waals surface area contributed by atoms with Gasteiger partial charge in [-0.3, -0.25) is 0 Å². The van der Waals surface area contributed by atoms with Gasteiger partial charge >= 0.3 is 0 Å². The van der Waals surface area contributed by atoms with Crippen molar-refractivity contribution in [1.82, 2.24) is 9.97 Å². The molecule has 1 aromatic carbocycles. The molecule has 0 spiro atoms. The summed E-state index contributed by atoms with van der Waals surface area (Å²) in [7, 11) is 1.84. The molecule has 1 heterocycles. The van der Waals surface area contributed by atoms with E-state index < -0.39 is 0 Å². The van der Waals surface area contributed by atoms with Crippen molar-refractivity contribution >= 4 is 27.6 Å². The number of hydrogen-bond donors (Lipinski definition) is 2. The molecule has 100 valence electrons. The quantitative estimate of drug-likeness (QED) is 0.888. The smallest absolute Gasteiger partial charge is 0.145 e. The largest absolute Gasteiger partial charge is 0.372 e. The van der Waals surface area contributed by atoms with Gasteiger partial charge in [0.05, 0.1) is 0 Å². The van der Waals surface area contributed by atoms with Gasteiger partial charge in [0.2, 0.25) is 0 Å². The molecular weight excluding hydrogens is 304 g/mol. The molecule has 0 aliphatic heterocycles. The van der Waals surface area contributed by atoms with Crippen molar-refractivity contribution in [3.63, 3.8) is 0 Å². The molecule has 5 heteroatoms. The molecule has 2 N–H and O–H groups in total. The normalized spacial score (nSPS) is 10.3. The number of rotatable bonds is 5. The molecule has 0 aliphatic carbocycles. The second kappa shape index (κ2) is 6.52. The van der Waals surface area contributed by atoms with E-state index in [1.807, 2.05) is 7.05 Å². The van der Waals surface area contributed by atoms with Crippen molar-refractivity contribution in [3.8, 4) is 0 Å². The van der Waals surface area contributed by atoms with Gasteiger partial charge in [-0.05, 0) is 40.4 Å². The Morgan fingerprint density at radius 1 is 1.16 bits per heavy atom. The van der Waals surface area contributed by atoms with Crippen molar-refractivity contribution in [2.24, 2.45) is 0 Å². The first-order chi connectivity index (χ1) is 9.22. The van der Waals surface area contributed by atoms with Gasteiger partial charge in [-0.1, -0.05) is 24.3 Å². The minimum Gasteiger partial charge on any atom is -0.372 e. The zero-order valence-corrected chi connectivity index (χ0v) is 12.7. The van der Waals surface area contributed by atoms with Crippen LogP contribution in [-0.4, -0.2) is 23.6 Å². The number of hydrogen-bond acceptors (Lipinski definition) is 4. The molecule has 0 aliphatic rings. The van der Waals surface area contributed by atoms with Crippen LogP contribution in [0.1, 0.15) is 11.1 Å². The van der Waals surface area contributed by atoms with Gasteiger partial charge in [-0.15, -0.1) is 0 Å². The fourth-order valence-corrected chi connectivity index (χ4v) is 2.42. The van der Waals surface area contributed by atoms with E-state index in [0.717, 1.165) is 29.1 Å². The van der Waals surface area contributed by atoms with Gasteiger partial charge in [0.25, 0.3) is 0 Å². The fraction of sp³-hybridized carbons (Fsp3) is 0.286. The molecule has 0 atom stereocenters. The second-order valence-corrected chi connectivity index (χ2v) is 5.03. The Balaban J connectivity index is 1.98. The van der Waals surface area contributed by atoms with Crippen LogP contribution in [0.2, 0.25) is 0 Å². The predicted octanol–water partition coefficient (Wildman–Crippen LogP) is 3.24. The van der Waals surface area contributed by atoms with Crippen molar-refractivity contribution in [1.29, 1.82) is 0 Å². The molecule has 2 aromatic rings. The highest BCUT2D eigenvalue weighted by molar-refractivity contribution is 9.10. The number of benzene rings is 1. The number of nitrogens with one attached hydrogen (secondary N) is 2. The van der Waals surface area contributed by atoms with E-state index in [2.05, 4.69) is 67.7 Å². The number of halogens is 1. The third-order valence-corrected chi connectivity index (χ3v) is 3.73. The van der Waals surface area contributed by atoms with Crippen molar-refractivity contribution in [3.05, 3.63) is 46.2 Å². The Bertz CT molecular complexity index is 557. The summed E-state index contributed by atoms with van der Waals surface area (Å²) < 4.78 is 0.863. The summed E-state index contributed by atoms with van der Waals surface area (Å²) in [5, 5.41) is 6.34. The Morgan fingerprint density at radius 3 is 2.63 bits per heavy atom. The first-order valence-corrected chi connectivity index (χ1v) is 6.98. The van der Waals surface area contributed by atoms with Crippen molar-refractivity contribution in [2.45, 2.75) is 13.3 Å². The van der Waals surface area contributed by atoms with Gasteiger partial charge < -0.3 is 10.6 Å². The SMILES string of the molecule is CNc1ncnc(NCCc2ccccc2C)c1Br. The molecular formula is C14H17BrN4. The summed E-state index contributed by atoms with van der Waals surface area (Å²) in [6.45, 7) is 2.97. The van der Waals surface area contributed by atoms with Crippen molar-refractivity contribution < 1.29 is 0 Å². The van der Waals surface area contributed by atoms with E-state index in [0.29, 0.717) is 0 Å². The third kappa shape index (κ3) is 3.44. The number of aromatic nitrogens is 2. The lowest BCUT2D eigenvalue weighted by Gasteiger charge is -2.10. The van der Waals surface area contributed by atoms with Gasteiger partial charge in [-0.2, -0.15) is 0 Å². The molecule has 19 heavy (non-hydrogen) atoms. The van der Waals surface area contributed by atoms with E-state index in [1.54, 1.807) is 6.33 Å². The molecule has 1 aromatic heterocycles. The van der Waals surface area contributed by atoms with Crippen LogP contribution in [0.15, 0.2) is 35.1 Å². The Morgan fingerprint density at radius 2 is 1.89 bits per heavy atom. The molecule has 0 amide bonds. The van der Waals surface area contributed by atoms with E-state index >= 15 is 0 Å². The maximum absolute atomic E-state index is 4.23. The molecule has 2 rings (SSSR count). The minimum absolute atomic E-state index is 0.786. The molecule has 0 radical (unpaired) electrons. The molecule has 0 saturated heterocycles. The average Bonchev–Trinajstić information content (AvgIpc) is 2.43. The predicted molar refractivity (Wildman–Crippen MR) is 82.7 cm³/mol. The van der Waals surface area contributed by atoms with Crippen LogP contribution in [-0.2, 0) is 6.42 Å². The summed E-state index contributed by atoms with van der Waals surface area (Å²) in [5.74, 6) is 1.60. The van der Waals surface area contributed by atoms with Crippen LogP contribution in [0.4, 0.5) is 11.6 Å². The van der Waals surface area contributed by atoms with Crippen molar-refractivity contribution in [2.75, 3.05) is 24.2 Å². The van der Waals surface area contributed by atoms with E-state index in [1.165, 1.54) is 11.1 Å². The first kappa shape index (κ1) is 13.8. The topological polar surface area (TPSA) is 49.8 Å². The summed E-state index contributed by atoms with van der Waals surface area (Å²) in [5.41, 5.74) is 2.68. The number of aryl methyl sites for hydroxylation is 1. The molecule has 4 nitrogen and oxygen atoms in total. The average molecular weight is 321 g/mol. The highest BCUT2D eigenvalue weighted by atomic mass is 79.9. The van der Waals surface area contributed by atoms with Gasteiger partial charge in [-0.25, -0.2) is 9.97 Å². The molecule has 0 fully saturated rings. The number of anilines is 2. The van der Waals surface area contributed by atoms with E-state index in [9.17, 15) is 0 Å². The Labute approximate surface area is 121 Å². The zero-order valence-electron chi connectivity index (χ0n) is 11.1. The van der Waals surface area contributed by atoms with Crippen LogP contribution in [0.3, 0.4) is 0 Å². The monoisotopic (exact) mass is 320 g/mol. The maximum atomic E-state index is 4.23. The summed E-state index contributed by atoms with van der Waals surface area (Å²) in [6, 6.07) is 8.43. The lowest BCUT2D eigenvalue weighted by Crippen LogP contribution is -2.09. The first-order valence-electron chi connectivity index (χ1n) is 6.19. The summed E-state index contributed by atoms with van der Waals surface area (Å²) >= 11 is 3.49. The summed E-state index contributed by atoms with van der Waals surface area (Å²) in [6.07, 6.45) is 2.52. The highest BCUT2D eigenvalue weighted by Crippen LogP contribution is 2.25. The summed E-state index contributed by atoms with van der Waals surface area (Å²) in [4.78, 5) is 8.36. The lowest BCUT2D eigenvalue weighted by molar-refractivity contribution is 0.985. The Hall–Kier alpha value is -1.62. The molecule has 0 unspecified atom stereocenters. The van der Waals surface area contributed by atoms with Gasteiger partial charge in [0.15, 0.2) is 0 Å². The lowest BCUT2D eigenvalue weighted by atomic mass is 10.1. The third-order valence-electron chi connectivity index (χ3n) is 2.97. The standard InChI is InChI=1S/C14H17BrN4/c1-10-5-3-4-6-11(10)7-8-17-14-12(15)13(16-2)18-9-19-14/h3-6,9H,7-8H2,1-2H3,(H2,16,17,18,19). The zero-order chi connectivity index (χ0) is 13.7. The van der Waals surface area contributed by atoms with Gasteiger partial charge in [0.1, 0.15) is 22.4 Å². The fourth-order valence-electron chi connectivity index (χ4n) is 1.87. The van der Waals surface area contributed by atoms with Crippen LogP contribution in [0, 0.1) is 6.92 Å². The van der Waals surface area contributed by atoms with Crippen LogP contribution >= 0.6 is 15.9 Å². The molecule has 0 saturated carbocycles. The van der Waals surface area contributed by atoms with Gasteiger partial charge in [0, 0.05) is 13.6 Å². The highest BCUT2D eigenvalue weighted by Gasteiger charge is 2.06. The molecule has 0 bridgehead atoms. The second-order valence-electron chi connectivity index (χ2n) is 4.24.